The van der Waals surface area contributed by atoms with Gasteiger partial charge < -0.3 is 23.9 Å². The number of hydrogen-bond donors (Lipinski definition) is 1. The molecule has 1 aliphatic heterocycles. The molecule has 0 fully saturated rings. The maximum atomic E-state index is 12.9. The van der Waals surface area contributed by atoms with Gasteiger partial charge in [0.1, 0.15) is 5.69 Å². The molecule has 1 N–H and O–H groups in total. The van der Waals surface area contributed by atoms with Crippen molar-refractivity contribution in [2.45, 2.75) is 13.0 Å². The molecule has 4 aromatic rings. The lowest BCUT2D eigenvalue weighted by atomic mass is 10.1. The van der Waals surface area contributed by atoms with Gasteiger partial charge in [-0.2, -0.15) is 0 Å². The predicted molar refractivity (Wildman–Crippen MR) is 119 cm³/mol. The van der Waals surface area contributed by atoms with Crippen molar-refractivity contribution in [2.75, 3.05) is 13.4 Å². The highest BCUT2D eigenvalue weighted by molar-refractivity contribution is 6.05. The number of nitrogens with zero attached hydrogens (tertiary/aromatic N) is 1. The molecular weight excluding hydrogens is 424 g/mol. The van der Waals surface area contributed by atoms with Gasteiger partial charge in [-0.3, -0.25) is 4.79 Å². The fourth-order valence-corrected chi connectivity index (χ4v) is 3.65. The number of benzene rings is 2. The molecule has 1 amide bonds. The minimum Gasteiger partial charge on any atom is -0.463 e. The van der Waals surface area contributed by atoms with Crippen molar-refractivity contribution in [3.8, 4) is 23.0 Å². The van der Waals surface area contributed by atoms with E-state index in [9.17, 15) is 9.59 Å². The molecule has 1 unspecified atom stereocenters. The molecule has 2 aromatic carbocycles. The number of amides is 1. The Balaban J connectivity index is 1.28. The second-order valence-corrected chi connectivity index (χ2v) is 7.53. The highest BCUT2D eigenvalue weighted by atomic mass is 16.7. The van der Waals surface area contributed by atoms with Crippen molar-refractivity contribution in [3.05, 3.63) is 78.1 Å². The van der Waals surface area contributed by atoms with Crippen molar-refractivity contribution < 1.29 is 28.2 Å². The van der Waals surface area contributed by atoms with Gasteiger partial charge in [-0.05, 0) is 48.9 Å². The van der Waals surface area contributed by atoms with Crippen molar-refractivity contribution in [2.24, 2.45) is 0 Å². The van der Waals surface area contributed by atoms with Crippen LogP contribution in [0, 0.1) is 0 Å². The number of esters is 1. The zero-order valence-corrected chi connectivity index (χ0v) is 17.7. The summed E-state index contributed by atoms with van der Waals surface area (Å²) in [4.78, 5) is 29.9. The number of carbonyl (C=O) groups excluding carboxylic acids is 2. The lowest BCUT2D eigenvalue weighted by Crippen LogP contribution is -2.31. The quantitative estimate of drug-likeness (QED) is 0.444. The van der Waals surface area contributed by atoms with Crippen LogP contribution >= 0.6 is 0 Å². The molecule has 0 spiro atoms. The SMILES string of the molecule is CC(NC(=O)COC(=O)c1cc(-c2ccco2)nc2ccccc12)c1ccc2c(c1)OCO2. The van der Waals surface area contributed by atoms with Gasteiger partial charge in [0.15, 0.2) is 23.9 Å². The Morgan fingerprint density at radius 3 is 2.76 bits per heavy atom. The summed E-state index contributed by atoms with van der Waals surface area (Å²) in [6, 6.07) is 17.5. The first kappa shape index (κ1) is 20.6. The first-order chi connectivity index (χ1) is 16.1. The van der Waals surface area contributed by atoms with Gasteiger partial charge in [0, 0.05) is 5.39 Å². The van der Waals surface area contributed by atoms with Crippen LogP contribution in [0.3, 0.4) is 0 Å². The molecule has 166 valence electrons. The number of nitrogens with one attached hydrogen (secondary N) is 1. The third-order valence-electron chi connectivity index (χ3n) is 5.32. The van der Waals surface area contributed by atoms with E-state index in [-0.39, 0.29) is 12.8 Å². The summed E-state index contributed by atoms with van der Waals surface area (Å²) in [6.07, 6.45) is 1.54. The molecule has 8 heteroatoms. The van der Waals surface area contributed by atoms with Crippen molar-refractivity contribution >= 4 is 22.8 Å². The summed E-state index contributed by atoms with van der Waals surface area (Å²) < 4.78 is 21.4. The maximum Gasteiger partial charge on any atom is 0.339 e. The van der Waals surface area contributed by atoms with Crippen molar-refractivity contribution in [3.63, 3.8) is 0 Å². The monoisotopic (exact) mass is 444 g/mol. The van der Waals surface area contributed by atoms with E-state index in [2.05, 4.69) is 10.3 Å². The zero-order valence-electron chi connectivity index (χ0n) is 17.7. The number of hydrogen-bond acceptors (Lipinski definition) is 7. The molecule has 0 aliphatic carbocycles. The summed E-state index contributed by atoms with van der Waals surface area (Å²) in [5.74, 6) is 0.803. The van der Waals surface area contributed by atoms with E-state index in [0.29, 0.717) is 39.4 Å². The molecule has 3 heterocycles. The fourth-order valence-electron chi connectivity index (χ4n) is 3.65. The van der Waals surface area contributed by atoms with Crippen molar-refractivity contribution in [1.29, 1.82) is 0 Å². The van der Waals surface area contributed by atoms with Gasteiger partial charge >= 0.3 is 5.97 Å². The summed E-state index contributed by atoms with van der Waals surface area (Å²) in [7, 11) is 0. The summed E-state index contributed by atoms with van der Waals surface area (Å²) in [5, 5.41) is 3.46. The van der Waals surface area contributed by atoms with Gasteiger partial charge in [-0.15, -0.1) is 0 Å². The predicted octanol–water partition coefficient (Wildman–Crippen LogP) is 4.26. The van der Waals surface area contributed by atoms with Crippen LogP contribution in [0.1, 0.15) is 28.9 Å². The first-order valence-electron chi connectivity index (χ1n) is 10.4. The zero-order chi connectivity index (χ0) is 22.8. The van der Waals surface area contributed by atoms with Gasteiger partial charge in [0.25, 0.3) is 5.91 Å². The number of para-hydroxylation sites is 1. The van der Waals surface area contributed by atoms with E-state index in [1.165, 1.54) is 6.26 Å². The van der Waals surface area contributed by atoms with Gasteiger partial charge in [-0.25, -0.2) is 9.78 Å². The minimum absolute atomic E-state index is 0.181. The molecule has 5 rings (SSSR count). The van der Waals surface area contributed by atoms with Crippen LogP contribution in [0.15, 0.2) is 71.3 Å². The van der Waals surface area contributed by atoms with E-state index in [1.54, 1.807) is 36.4 Å². The summed E-state index contributed by atoms with van der Waals surface area (Å²) in [5.41, 5.74) is 2.29. The van der Waals surface area contributed by atoms with E-state index < -0.39 is 18.5 Å². The number of carbonyl (C=O) groups is 2. The lowest BCUT2D eigenvalue weighted by Gasteiger charge is -2.15. The first-order valence-corrected chi connectivity index (χ1v) is 10.4. The molecule has 0 saturated heterocycles. The van der Waals surface area contributed by atoms with E-state index in [1.807, 2.05) is 31.2 Å². The Morgan fingerprint density at radius 2 is 1.91 bits per heavy atom. The number of ether oxygens (including phenoxy) is 3. The maximum absolute atomic E-state index is 12.9. The van der Waals surface area contributed by atoms with Crippen LogP contribution in [-0.2, 0) is 9.53 Å². The topological polar surface area (TPSA) is 99.9 Å². The van der Waals surface area contributed by atoms with Gasteiger partial charge in [0.2, 0.25) is 6.79 Å². The Hall–Kier alpha value is -4.33. The smallest absolute Gasteiger partial charge is 0.339 e. The Labute approximate surface area is 189 Å². The molecular formula is C25H20N2O6. The van der Waals surface area contributed by atoms with Gasteiger partial charge in [-0.1, -0.05) is 24.3 Å². The van der Waals surface area contributed by atoms with Crippen LogP contribution in [0.25, 0.3) is 22.4 Å². The normalized spacial score (nSPS) is 13.0. The number of aromatic nitrogens is 1. The standard InChI is InChI=1S/C25H20N2O6/c1-15(16-8-9-22-23(11-16)33-14-32-22)26-24(28)13-31-25(29)18-12-20(21-7-4-10-30-21)27-19-6-3-2-5-17(18)19/h2-12,15H,13-14H2,1H3,(H,26,28). The van der Waals surface area contributed by atoms with Crippen LogP contribution in [0.4, 0.5) is 0 Å². The highest BCUT2D eigenvalue weighted by Crippen LogP contribution is 2.34. The Kier molecular flexibility index (Phi) is 5.40. The van der Waals surface area contributed by atoms with Crippen LogP contribution in [0.2, 0.25) is 0 Å². The molecule has 33 heavy (non-hydrogen) atoms. The molecule has 0 bridgehead atoms. The average Bonchev–Trinajstić information content (AvgIpc) is 3.53. The minimum atomic E-state index is -0.618. The molecule has 0 radical (unpaired) electrons. The summed E-state index contributed by atoms with van der Waals surface area (Å²) >= 11 is 0. The number of pyridine rings is 1. The van der Waals surface area contributed by atoms with Gasteiger partial charge in [0.05, 0.1) is 23.4 Å². The summed E-state index contributed by atoms with van der Waals surface area (Å²) in [6.45, 7) is 1.60. The van der Waals surface area contributed by atoms with Crippen LogP contribution in [-0.4, -0.2) is 30.3 Å². The largest absolute Gasteiger partial charge is 0.463 e. The fraction of sp³-hybridized carbons (Fsp3) is 0.160. The van der Waals surface area contributed by atoms with E-state index in [0.717, 1.165) is 5.56 Å². The van der Waals surface area contributed by atoms with E-state index >= 15 is 0 Å². The number of rotatable bonds is 6. The third-order valence-corrected chi connectivity index (χ3v) is 5.32. The molecule has 1 aliphatic rings. The van der Waals surface area contributed by atoms with Crippen LogP contribution in [0.5, 0.6) is 11.5 Å². The number of fused-ring (bicyclic) bond motifs is 2. The average molecular weight is 444 g/mol. The molecule has 2 aromatic heterocycles. The Morgan fingerprint density at radius 1 is 1.06 bits per heavy atom. The third kappa shape index (κ3) is 4.23. The van der Waals surface area contributed by atoms with Crippen molar-refractivity contribution in [1.82, 2.24) is 10.3 Å². The molecule has 0 saturated carbocycles. The second-order valence-electron chi connectivity index (χ2n) is 7.53. The van der Waals surface area contributed by atoms with E-state index in [4.69, 9.17) is 18.6 Å². The Bertz CT molecular complexity index is 1330. The second kappa shape index (κ2) is 8.66. The lowest BCUT2D eigenvalue weighted by molar-refractivity contribution is -0.124. The molecule has 8 nitrogen and oxygen atoms in total. The molecule has 1 atom stereocenters. The highest BCUT2D eigenvalue weighted by Gasteiger charge is 2.19. The van der Waals surface area contributed by atoms with Crippen LogP contribution < -0.4 is 14.8 Å². The number of furan rings is 1.